The highest BCUT2D eigenvalue weighted by molar-refractivity contribution is 14.0. The zero-order valence-corrected chi connectivity index (χ0v) is 23.0. The molecule has 188 valence electrons. The molecule has 2 saturated heterocycles. The molecule has 2 heterocycles. The van der Waals surface area contributed by atoms with E-state index in [9.17, 15) is 0 Å². The molecule has 2 aliphatic rings. The monoisotopic (exact) mass is 575 g/mol. The highest BCUT2D eigenvalue weighted by Crippen LogP contribution is 2.32. The SMILES string of the molecule is CCNC(=NCC(c1ccc(OC)c(OC)c1)N1CCOCC1)NCC1CCN(C)CC1.I. The predicted molar refractivity (Wildman–Crippen MR) is 144 cm³/mol. The van der Waals surface area contributed by atoms with E-state index in [4.69, 9.17) is 19.2 Å². The summed E-state index contributed by atoms with van der Waals surface area (Å²) >= 11 is 0. The number of aliphatic imine (C=N–C) groups is 1. The first kappa shape index (κ1) is 27.9. The van der Waals surface area contributed by atoms with Crippen LogP contribution >= 0.6 is 24.0 Å². The molecule has 9 heteroatoms. The van der Waals surface area contributed by atoms with Crippen molar-refractivity contribution in [3.8, 4) is 11.5 Å². The van der Waals surface area contributed by atoms with Crippen LogP contribution in [-0.4, -0.2) is 96.1 Å². The Balaban J connectivity index is 0.00000385. The fourth-order valence-electron chi connectivity index (χ4n) is 4.41. The summed E-state index contributed by atoms with van der Waals surface area (Å²) in [5.41, 5.74) is 1.18. The lowest BCUT2D eigenvalue weighted by molar-refractivity contribution is 0.0179. The van der Waals surface area contributed by atoms with Crippen molar-refractivity contribution in [3.05, 3.63) is 23.8 Å². The Kier molecular flexibility index (Phi) is 12.6. The third-order valence-corrected chi connectivity index (χ3v) is 6.44. The Morgan fingerprint density at radius 2 is 1.79 bits per heavy atom. The third kappa shape index (κ3) is 8.45. The van der Waals surface area contributed by atoms with Gasteiger partial charge >= 0.3 is 0 Å². The zero-order chi connectivity index (χ0) is 22.8. The van der Waals surface area contributed by atoms with E-state index in [2.05, 4.69) is 46.5 Å². The first-order chi connectivity index (χ1) is 15.6. The van der Waals surface area contributed by atoms with Crippen molar-refractivity contribution in [1.29, 1.82) is 0 Å². The molecule has 3 rings (SSSR count). The molecule has 0 aliphatic carbocycles. The smallest absolute Gasteiger partial charge is 0.191 e. The summed E-state index contributed by atoms with van der Waals surface area (Å²) in [4.78, 5) is 9.85. The molecule has 0 aromatic heterocycles. The predicted octanol–water partition coefficient (Wildman–Crippen LogP) is 2.59. The molecule has 0 spiro atoms. The summed E-state index contributed by atoms with van der Waals surface area (Å²) < 4.78 is 16.6. The number of halogens is 1. The van der Waals surface area contributed by atoms with Gasteiger partial charge in [0.2, 0.25) is 0 Å². The summed E-state index contributed by atoms with van der Waals surface area (Å²) in [5.74, 6) is 3.09. The Morgan fingerprint density at radius 3 is 2.42 bits per heavy atom. The molecule has 1 aromatic carbocycles. The molecule has 0 saturated carbocycles. The van der Waals surface area contributed by atoms with Gasteiger partial charge in [-0.1, -0.05) is 6.07 Å². The Bertz CT molecular complexity index is 722. The number of piperidine rings is 1. The number of guanidine groups is 1. The molecular weight excluding hydrogens is 533 g/mol. The molecule has 8 nitrogen and oxygen atoms in total. The molecule has 1 atom stereocenters. The van der Waals surface area contributed by atoms with Crippen LogP contribution in [0.3, 0.4) is 0 Å². The van der Waals surface area contributed by atoms with Crippen LogP contribution in [0.1, 0.15) is 31.4 Å². The lowest BCUT2D eigenvalue weighted by atomic mass is 9.97. The third-order valence-electron chi connectivity index (χ3n) is 6.44. The Labute approximate surface area is 216 Å². The summed E-state index contributed by atoms with van der Waals surface area (Å²) in [7, 11) is 5.55. The first-order valence-corrected chi connectivity index (χ1v) is 11.9. The maximum atomic E-state index is 5.59. The number of nitrogens with one attached hydrogen (secondary N) is 2. The number of morpholine rings is 1. The summed E-state index contributed by atoms with van der Waals surface area (Å²) in [5, 5.41) is 7.01. The molecule has 2 aliphatic heterocycles. The summed E-state index contributed by atoms with van der Waals surface area (Å²) in [6.07, 6.45) is 2.48. The van der Waals surface area contributed by atoms with Crippen LogP contribution in [0.4, 0.5) is 0 Å². The molecule has 1 unspecified atom stereocenters. The Morgan fingerprint density at radius 1 is 1.09 bits per heavy atom. The van der Waals surface area contributed by atoms with Gasteiger partial charge in [-0.05, 0) is 63.5 Å². The van der Waals surface area contributed by atoms with Gasteiger partial charge in [0.1, 0.15) is 0 Å². The Hall–Kier alpha value is -1.30. The zero-order valence-electron chi connectivity index (χ0n) is 20.6. The minimum atomic E-state index is 0. The highest BCUT2D eigenvalue weighted by Gasteiger charge is 2.24. The minimum Gasteiger partial charge on any atom is -0.493 e. The maximum Gasteiger partial charge on any atom is 0.191 e. The van der Waals surface area contributed by atoms with Gasteiger partial charge < -0.3 is 29.7 Å². The quantitative estimate of drug-likeness (QED) is 0.267. The van der Waals surface area contributed by atoms with Gasteiger partial charge in [0.15, 0.2) is 17.5 Å². The van der Waals surface area contributed by atoms with Gasteiger partial charge in [-0.25, -0.2) is 0 Å². The molecule has 0 amide bonds. The highest BCUT2D eigenvalue weighted by atomic mass is 127. The molecule has 2 fully saturated rings. The topological polar surface area (TPSA) is 70.6 Å². The second kappa shape index (κ2) is 14.9. The van der Waals surface area contributed by atoms with Crippen molar-refractivity contribution in [3.63, 3.8) is 0 Å². The molecule has 2 N–H and O–H groups in total. The number of nitrogens with zero attached hydrogens (tertiary/aromatic N) is 3. The second-order valence-corrected chi connectivity index (χ2v) is 8.63. The van der Waals surface area contributed by atoms with Gasteiger partial charge in [-0.2, -0.15) is 0 Å². The average molecular weight is 576 g/mol. The van der Waals surface area contributed by atoms with Crippen LogP contribution in [0.15, 0.2) is 23.2 Å². The molecule has 33 heavy (non-hydrogen) atoms. The normalized spacial score (nSPS) is 19.5. The number of methoxy groups -OCH3 is 2. The second-order valence-electron chi connectivity index (χ2n) is 8.63. The van der Waals surface area contributed by atoms with Crippen LogP contribution in [0.5, 0.6) is 11.5 Å². The minimum absolute atomic E-state index is 0. The fourth-order valence-corrected chi connectivity index (χ4v) is 4.41. The van der Waals surface area contributed by atoms with E-state index in [1.165, 1.54) is 31.5 Å². The van der Waals surface area contributed by atoms with Gasteiger partial charge in [0.05, 0.1) is 40.0 Å². The van der Waals surface area contributed by atoms with E-state index in [-0.39, 0.29) is 30.0 Å². The summed E-state index contributed by atoms with van der Waals surface area (Å²) in [6, 6.07) is 6.33. The number of rotatable bonds is 9. The van der Waals surface area contributed by atoms with Crippen molar-refractivity contribution in [2.24, 2.45) is 10.9 Å². The number of benzene rings is 1. The van der Waals surface area contributed by atoms with Crippen molar-refractivity contribution in [1.82, 2.24) is 20.4 Å². The van der Waals surface area contributed by atoms with Crippen molar-refractivity contribution < 1.29 is 14.2 Å². The van der Waals surface area contributed by atoms with E-state index in [1.54, 1.807) is 14.2 Å². The summed E-state index contributed by atoms with van der Waals surface area (Å²) in [6.45, 7) is 10.2. The van der Waals surface area contributed by atoms with E-state index in [0.29, 0.717) is 12.5 Å². The van der Waals surface area contributed by atoms with E-state index in [1.807, 2.05) is 6.07 Å². The number of likely N-dealkylation sites (tertiary alicyclic amines) is 1. The average Bonchev–Trinajstić information content (AvgIpc) is 2.84. The van der Waals surface area contributed by atoms with Crippen LogP contribution in [0.2, 0.25) is 0 Å². The van der Waals surface area contributed by atoms with Gasteiger partial charge in [0.25, 0.3) is 0 Å². The van der Waals surface area contributed by atoms with Crippen LogP contribution in [0.25, 0.3) is 0 Å². The first-order valence-electron chi connectivity index (χ1n) is 11.9. The molecule has 0 bridgehead atoms. The fraction of sp³-hybridized carbons (Fsp3) is 0.708. The van der Waals surface area contributed by atoms with Crippen molar-refractivity contribution >= 4 is 29.9 Å². The largest absolute Gasteiger partial charge is 0.493 e. The van der Waals surface area contributed by atoms with Crippen molar-refractivity contribution in [2.45, 2.75) is 25.8 Å². The van der Waals surface area contributed by atoms with Crippen molar-refractivity contribution in [2.75, 3.05) is 80.3 Å². The molecule has 0 radical (unpaired) electrons. The van der Waals surface area contributed by atoms with E-state index in [0.717, 1.165) is 56.9 Å². The van der Waals surface area contributed by atoms with E-state index < -0.39 is 0 Å². The van der Waals surface area contributed by atoms with Gasteiger partial charge in [-0.15, -0.1) is 24.0 Å². The van der Waals surface area contributed by atoms with E-state index >= 15 is 0 Å². The van der Waals surface area contributed by atoms with Gasteiger partial charge in [0, 0.05) is 26.2 Å². The number of ether oxygens (including phenoxy) is 3. The molecular formula is C24H42IN5O3. The maximum absolute atomic E-state index is 5.59. The lowest BCUT2D eigenvalue weighted by Crippen LogP contribution is -2.43. The number of hydrogen-bond donors (Lipinski definition) is 2. The number of hydrogen-bond acceptors (Lipinski definition) is 6. The standard InChI is InChI=1S/C24H41N5O3.HI/c1-5-25-24(26-17-19-8-10-28(2)11-9-19)27-18-21(29-12-14-32-15-13-29)20-6-7-22(30-3)23(16-20)31-4;/h6-7,16,19,21H,5,8-15,17-18H2,1-4H3,(H2,25,26,27);1H. The lowest BCUT2D eigenvalue weighted by Gasteiger charge is -2.34. The molecule has 1 aromatic rings. The van der Waals surface area contributed by atoms with Crippen LogP contribution in [0, 0.1) is 5.92 Å². The van der Waals surface area contributed by atoms with Crippen LogP contribution in [-0.2, 0) is 4.74 Å². The van der Waals surface area contributed by atoms with Gasteiger partial charge in [-0.3, -0.25) is 9.89 Å². The van der Waals surface area contributed by atoms with Crippen LogP contribution < -0.4 is 20.1 Å².